The van der Waals surface area contributed by atoms with E-state index in [1.807, 2.05) is 36.6 Å². The molecule has 1 aromatic heterocycles. The fraction of sp³-hybridized carbons (Fsp3) is 0.381. The number of halogens is 2. The zero-order valence-electron chi connectivity index (χ0n) is 16.5. The van der Waals surface area contributed by atoms with Gasteiger partial charge in [0.1, 0.15) is 0 Å². The maximum Gasteiger partial charge on any atom is 0.329 e. The summed E-state index contributed by atoms with van der Waals surface area (Å²) in [4.78, 5) is 26.0. The van der Waals surface area contributed by atoms with Crippen molar-refractivity contribution < 1.29 is 9.59 Å². The van der Waals surface area contributed by atoms with Gasteiger partial charge in [0.25, 0.3) is 0 Å². The number of nitrogens with zero attached hydrogens (tertiary/aromatic N) is 3. The minimum Gasteiger partial charge on any atom is -0.334 e. The molecule has 0 aliphatic carbocycles. The number of amides is 2. The second-order valence-corrected chi connectivity index (χ2v) is 8.07. The highest BCUT2D eigenvalue weighted by Gasteiger charge is 2.22. The van der Waals surface area contributed by atoms with Crippen molar-refractivity contribution in [2.75, 3.05) is 13.1 Å². The number of hydrogen-bond acceptors (Lipinski definition) is 3. The average Bonchev–Trinajstić information content (AvgIpc) is 2.84. The van der Waals surface area contributed by atoms with Gasteiger partial charge in [-0.1, -0.05) is 36.0 Å². The Kier molecular flexibility index (Phi) is 6.98. The van der Waals surface area contributed by atoms with Crippen LogP contribution in [0.2, 0.25) is 10.0 Å². The van der Waals surface area contributed by atoms with Crippen LogP contribution in [0, 0.1) is 13.8 Å². The number of hydrogen-bond donors (Lipinski definition) is 1. The van der Waals surface area contributed by atoms with Crippen LogP contribution in [0.25, 0.3) is 5.69 Å². The fourth-order valence-electron chi connectivity index (χ4n) is 3.61. The Morgan fingerprint density at radius 1 is 1.00 bits per heavy atom. The molecule has 1 fully saturated rings. The van der Waals surface area contributed by atoms with E-state index in [0.717, 1.165) is 48.3 Å². The van der Waals surface area contributed by atoms with Crippen LogP contribution in [0.4, 0.5) is 0 Å². The molecule has 0 bridgehead atoms. The van der Waals surface area contributed by atoms with E-state index in [1.165, 1.54) is 0 Å². The van der Waals surface area contributed by atoms with Gasteiger partial charge in [-0.15, -0.1) is 0 Å². The number of carbonyl (C=O) groups is 2. The van der Waals surface area contributed by atoms with Crippen molar-refractivity contribution in [2.45, 2.75) is 39.5 Å². The van der Waals surface area contributed by atoms with Crippen LogP contribution in [-0.2, 0) is 9.59 Å². The van der Waals surface area contributed by atoms with E-state index < -0.39 is 11.8 Å². The first-order valence-electron chi connectivity index (χ1n) is 9.64. The molecule has 0 spiro atoms. The molecule has 0 saturated carbocycles. The molecule has 6 nitrogen and oxygen atoms in total. The zero-order valence-corrected chi connectivity index (χ0v) is 18.1. The standard InChI is InChI=1S/C21H24Cl2N4O2/c1-14-9-16(15(2)27(14)19-11-17(22)10-18(23)12-19)13-24-25-20(28)21(29)26-7-5-3-4-6-8-26/h9-13H,3-8H2,1-2H3,(H,25,28). The molecule has 0 unspecified atom stereocenters. The van der Waals surface area contributed by atoms with Gasteiger partial charge in [-0.2, -0.15) is 5.10 Å². The second kappa shape index (κ2) is 9.46. The lowest BCUT2D eigenvalue weighted by atomic mass is 10.2. The van der Waals surface area contributed by atoms with E-state index in [9.17, 15) is 9.59 Å². The van der Waals surface area contributed by atoms with Crippen LogP contribution in [0.3, 0.4) is 0 Å². The first-order valence-corrected chi connectivity index (χ1v) is 10.4. The molecule has 2 amide bonds. The topological polar surface area (TPSA) is 66.7 Å². The predicted molar refractivity (Wildman–Crippen MR) is 116 cm³/mol. The Balaban J connectivity index is 1.71. The van der Waals surface area contributed by atoms with Crippen molar-refractivity contribution >= 4 is 41.2 Å². The lowest BCUT2D eigenvalue weighted by Gasteiger charge is -2.18. The molecular formula is C21H24Cl2N4O2. The largest absolute Gasteiger partial charge is 0.334 e. The molecule has 1 aliphatic rings. The van der Waals surface area contributed by atoms with Gasteiger partial charge in [0, 0.05) is 45.8 Å². The van der Waals surface area contributed by atoms with Crippen molar-refractivity contribution in [3.8, 4) is 5.69 Å². The highest BCUT2D eigenvalue weighted by Crippen LogP contribution is 2.26. The zero-order chi connectivity index (χ0) is 21.0. The molecule has 1 N–H and O–H groups in total. The molecule has 0 radical (unpaired) electrons. The van der Waals surface area contributed by atoms with Gasteiger partial charge in [0.15, 0.2) is 0 Å². The number of rotatable bonds is 3. The lowest BCUT2D eigenvalue weighted by Crippen LogP contribution is -2.41. The Morgan fingerprint density at radius 2 is 1.62 bits per heavy atom. The Bertz CT molecular complexity index is 924. The summed E-state index contributed by atoms with van der Waals surface area (Å²) in [5, 5.41) is 5.09. The van der Waals surface area contributed by atoms with Crippen molar-refractivity contribution in [3.05, 3.63) is 51.3 Å². The average molecular weight is 435 g/mol. The van der Waals surface area contributed by atoms with Gasteiger partial charge in [-0.3, -0.25) is 9.59 Å². The van der Waals surface area contributed by atoms with Crippen LogP contribution >= 0.6 is 23.2 Å². The van der Waals surface area contributed by atoms with Gasteiger partial charge < -0.3 is 9.47 Å². The molecule has 29 heavy (non-hydrogen) atoms. The number of nitrogens with one attached hydrogen (secondary N) is 1. The summed E-state index contributed by atoms with van der Waals surface area (Å²) in [6, 6.07) is 7.28. The molecule has 1 saturated heterocycles. The summed E-state index contributed by atoms with van der Waals surface area (Å²) in [5.41, 5.74) is 5.90. The molecule has 1 aromatic carbocycles. The van der Waals surface area contributed by atoms with Crippen LogP contribution < -0.4 is 5.43 Å². The van der Waals surface area contributed by atoms with Crippen LogP contribution in [0.5, 0.6) is 0 Å². The molecule has 1 aliphatic heterocycles. The number of carbonyl (C=O) groups excluding carboxylic acids is 2. The summed E-state index contributed by atoms with van der Waals surface area (Å²) in [7, 11) is 0. The molecule has 0 atom stereocenters. The fourth-order valence-corrected chi connectivity index (χ4v) is 4.12. The molecule has 3 rings (SSSR count). The number of aryl methyl sites for hydroxylation is 1. The maximum atomic E-state index is 12.3. The minimum absolute atomic E-state index is 0.525. The number of aromatic nitrogens is 1. The second-order valence-electron chi connectivity index (χ2n) is 7.20. The number of benzene rings is 1. The van der Waals surface area contributed by atoms with Crippen molar-refractivity contribution in [3.63, 3.8) is 0 Å². The van der Waals surface area contributed by atoms with E-state index in [-0.39, 0.29) is 0 Å². The lowest BCUT2D eigenvalue weighted by molar-refractivity contribution is -0.145. The van der Waals surface area contributed by atoms with Gasteiger partial charge in [0.05, 0.1) is 6.21 Å². The van der Waals surface area contributed by atoms with Gasteiger partial charge >= 0.3 is 11.8 Å². The normalized spacial score (nSPS) is 14.8. The van der Waals surface area contributed by atoms with Crippen molar-refractivity contribution in [1.82, 2.24) is 14.9 Å². The molecule has 2 heterocycles. The van der Waals surface area contributed by atoms with Crippen LogP contribution in [0.1, 0.15) is 42.6 Å². The van der Waals surface area contributed by atoms with Gasteiger partial charge in [0.2, 0.25) is 0 Å². The van der Waals surface area contributed by atoms with Gasteiger partial charge in [-0.25, -0.2) is 5.43 Å². The minimum atomic E-state index is -0.710. The Morgan fingerprint density at radius 3 is 2.24 bits per heavy atom. The highest BCUT2D eigenvalue weighted by molar-refractivity contribution is 6.35. The Hall–Kier alpha value is -2.31. The predicted octanol–water partition coefficient (Wildman–Crippen LogP) is 4.25. The van der Waals surface area contributed by atoms with E-state index >= 15 is 0 Å². The first-order chi connectivity index (χ1) is 13.9. The van der Waals surface area contributed by atoms with Gasteiger partial charge in [-0.05, 0) is 51.0 Å². The van der Waals surface area contributed by atoms with Crippen molar-refractivity contribution in [2.24, 2.45) is 5.10 Å². The highest BCUT2D eigenvalue weighted by atomic mass is 35.5. The Labute approximate surface area is 180 Å². The van der Waals surface area contributed by atoms with E-state index in [4.69, 9.17) is 23.2 Å². The summed E-state index contributed by atoms with van der Waals surface area (Å²) in [6.45, 7) is 5.15. The van der Waals surface area contributed by atoms with Crippen LogP contribution in [0.15, 0.2) is 29.4 Å². The van der Waals surface area contributed by atoms with Crippen molar-refractivity contribution in [1.29, 1.82) is 0 Å². The van der Waals surface area contributed by atoms with E-state index in [1.54, 1.807) is 17.2 Å². The maximum absolute atomic E-state index is 12.3. The van der Waals surface area contributed by atoms with Crippen LogP contribution in [-0.4, -0.2) is 40.6 Å². The van der Waals surface area contributed by atoms with E-state index in [2.05, 4.69) is 10.5 Å². The summed E-state index contributed by atoms with van der Waals surface area (Å²) in [6.07, 6.45) is 5.59. The number of likely N-dealkylation sites (tertiary alicyclic amines) is 1. The summed E-state index contributed by atoms with van der Waals surface area (Å²) < 4.78 is 2.00. The molecular weight excluding hydrogens is 411 g/mol. The molecule has 8 heteroatoms. The third kappa shape index (κ3) is 5.19. The van der Waals surface area contributed by atoms with E-state index in [0.29, 0.717) is 23.1 Å². The SMILES string of the molecule is Cc1cc(C=NNC(=O)C(=O)N2CCCCCC2)c(C)n1-c1cc(Cl)cc(Cl)c1. The third-order valence-electron chi connectivity index (χ3n) is 5.03. The summed E-state index contributed by atoms with van der Waals surface area (Å²) >= 11 is 12.3. The molecule has 154 valence electrons. The number of hydrazone groups is 1. The quantitative estimate of drug-likeness (QED) is 0.445. The molecule has 2 aromatic rings. The smallest absolute Gasteiger partial charge is 0.329 e. The third-order valence-corrected chi connectivity index (χ3v) is 5.47. The summed E-state index contributed by atoms with van der Waals surface area (Å²) in [5.74, 6) is -1.23. The monoisotopic (exact) mass is 434 g/mol. The first kappa shape index (κ1) is 21.4.